The van der Waals surface area contributed by atoms with Crippen molar-refractivity contribution in [2.75, 3.05) is 11.1 Å². The van der Waals surface area contributed by atoms with Gasteiger partial charge >= 0.3 is 0 Å². The molecule has 0 bridgehead atoms. The summed E-state index contributed by atoms with van der Waals surface area (Å²) in [5.41, 5.74) is 11.1. The van der Waals surface area contributed by atoms with E-state index in [4.69, 9.17) is 5.73 Å². The molecule has 0 aliphatic rings. The first-order chi connectivity index (χ1) is 8.06. The summed E-state index contributed by atoms with van der Waals surface area (Å²) in [4.78, 5) is 4.30. The van der Waals surface area contributed by atoms with E-state index in [0.29, 0.717) is 11.5 Å². The Kier molecular flexibility index (Phi) is 3.00. The van der Waals surface area contributed by atoms with Gasteiger partial charge in [-0.15, -0.1) is 0 Å². The van der Waals surface area contributed by atoms with Crippen molar-refractivity contribution in [1.82, 2.24) is 4.98 Å². The van der Waals surface area contributed by atoms with Gasteiger partial charge in [0.25, 0.3) is 0 Å². The molecule has 0 amide bonds. The molecule has 1 heterocycles. The lowest BCUT2D eigenvalue weighted by Gasteiger charge is -2.11. The van der Waals surface area contributed by atoms with E-state index in [0.717, 1.165) is 11.3 Å². The Morgan fingerprint density at radius 2 is 1.82 bits per heavy atom. The molecule has 17 heavy (non-hydrogen) atoms. The lowest BCUT2D eigenvalue weighted by Crippen LogP contribution is -2.00. The van der Waals surface area contributed by atoms with Crippen LogP contribution in [0.5, 0.6) is 0 Å². The van der Waals surface area contributed by atoms with Gasteiger partial charge in [-0.3, -0.25) is 0 Å². The summed E-state index contributed by atoms with van der Waals surface area (Å²) in [5.74, 6) is 0.711. The van der Waals surface area contributed by atoms with E-state index >= 15 is 0 Å². The molecule has 3 N–H and O–H groups in total. The van der Waals surface area contributed by atoms with Gasteiger partial charge in [-0.2, -0.15) is 0 Å². The van der Waals surface area contributed by atoms with E-state index in [1.54, 1.807) is 0 Å². The number of pyridine rings is 1. The minimum atomic E-state index is 0.671. The number of aromatic nitrogens is 1. The predicted molar refractivity (Wildman–Crippen MR) is 72.6 cm³/mol. The van der Waals surface area contributed by atoms with Crippen molar-refractivity contribution in [2.24, 2.45) is 0 Å². The Morgan fingerprint density at radius 3 is 2.47 bits per heavy atom. The van der Waals surface area contributed by atoms with Gasteiger partial charge in [0.2, 0.25) is 0 Å². The quantitative estimate of drug-likeness (QED) is 0.827. The highest BCUT2D eigenvalue weighted by Gasteiger charge is 2.03. The second kappa shape index (κ2) is 4.45. The Balaban J connectivity index is 2.31. The van der Waals surface area contributed by atoms with E-state index in [1.807, 2.05) is 25.3 Å². The van der Waals surface area contributed by atoms with Gasteiger partial charge in [-0.05, 0) is 44.0 Å². The molecule has 0 atom stereocenters. The molecular formula is C14H17N3. The minimum Gasteiger partial charge on any atom is -0.396 e. The maximum Gasteiger partial charge on any atom is 0.153 e. The standard InChI is InChI=1S/C14H17N3/c1-9-4-5-13(11(3)6-9)17-14-12(15)7-10(2)8-16-14/h4-8H,15H2,1-3H3,(H,16,17). The minimum absolute atomic E-state index is 0.671. The number of aryl methyl sites for hydroxylation is 3. The normalized spacial score (nSPS) is 10.3. The summed E-state index contributed by atoms with van der Waals surface area (Å²) < 4.78 is 0. The number of rotatable bonds is 2. The van der Waals surface area contributed by atoms with Gasteiger partial charge in [-0.1, -0.05) is 17.7 Å². The highest BCUT2D eigenvalue weighted by atomic mass is 15.0. The third kappa shape index (κ3) is 2.56. The summed E-state index contributed by atoms with van der Waals surface area (Å²) in [6.45, 7) is 6.12. The number of nitrogens with zero attached hydrogens (tertiary/aromatic N) is 1. The largest absolute Gasteiger partial charge is 0.396 e. The molecule has 0 spiro atoms. The SMILES string of the molecule is Cc1ccc(Nc2ncc(C)cc2N)c(C)c1. The van der Waals surface area contributed by atoms with Crippen LogP contribution in [0.2, 0.25) is 0 Å². The van der Waals surface area contributed by atoms with Crippen molar-refractivity contribution in [3.05, 3.63) is 47.2 Å². The third-order valence-electron chi connectivity index (χ3n) is 2.69. The molecule has 88 valence electrons. The molecule has 3 heteroatoms. The number of nitrogens with one attached hydrogen (secondary N) is 1. The van der Waals surface area contributed by atoms with Crippen LogP contribution >= 0.6 is 0 Å². The molecule has 0 saturated carbocycles. The summed E-state index contributed by atoms with van der Waals surface area (Å²) in [6.07, 6.45) is 1.81. The van der Waals surface area contributed by atoms with Gasteiger partial charge in [0.05, 0.1) is 5.69 Å². The lowest BCUT2D eigenvalue weighted by atomic mass is 10.1. The number of benzene rings is 1. The third-order valence-corrected chi connectivity index (χ3v) is 2.69. The molecular weight excluding hydrogens is 210 g/mol. The average molecular weight is 227 g/mol. The fourth-order valence-electron chi connectivity index (χ4n) is 1.78. The molecule has 0 unspecified atom stereocenters. The van der Waals surface area contributed by atoms with Crippen LogP contribution in [0.25, 0.3) is 0 Å². The topological polar surface area (TPSA) is 50.9 Å². The maximum atomic E-state index is 5.92. The molecule has 1 aromatic heterocycles. The second-order valence-corrected chi connectivity index (χ2v) is 4.39. The number of hydrogen-bond acceptors (Lipinski definition) is 3. The fourth-order valence-corrected chi connectivity index (χ4v) is 1.78. The van der Waals surface area contributed by atoms with E-state index in [9.17, 15) is 0 Å². The van der Waals surface area contributed by atoms with Crippen LogP contribution in [0.3, 0.4) is 0 Å². The average Bonchev–Trinajstić information content (AvgIpc) is 2.25. The van der Waals surface area contributed by atoms with E-state index in [2.05, 4.69) is 36.3 Å². The number of hydrogen-bond donors (Lipinski definition) is 2. The van der Waals surface area contributed by atoms with Gasteiger partial charge in [-0.25, -0.2) is 4.98 Å². The van der Waals surface area contributed by atoms with Gasteiger partial charge in [0.1, 0.15) is 0 Å². The summed E-state index contributed by atoms with van der Waals surface area (Å²) >= 11 is 0. The fraction of sp³-hybridized carbons (Fsp3) is 0.214. The van der Waals surface area contributed by atoms with Crippen molar-refractivity contribution in [3.8, 4) is 0 Å². The highest BCUT2D eigenvalue weighted by Crippen LogP contribution is 2.24. The monoisotopic (exact) mass is 227 g/mol. The van der Waals surface area contributed by atoms with Crippen LogP contribution in [0.15, 0.2) is 30.5 Å². The van der Waals surface area contributed by atoms with Crippen molar-refractivity contribution in [2.45, 2.75) is 20.8 Å². The molecule has 2 rings (SSSR count). The van der Waals surface area contributed by atoms with Crippen LogP contribution in [0, 0.1) is 20.8 Å². The van der Waals surface area contributed by atoms with E-state index in [-0.39, 0.29) is 0 Å². The Morgan fingerprint density at radius 1 is 1.06 bits per heavy atom. The van der Waals surface area contributed by atoms with Gasteiger partial charge < -0.3 is 11.1 Å². The molecule has 3 nitrogen and oxygen atoms in total. The van der Waals surface area contributed by atoms with Crippen LogP contribution in [0.1, 0.15) is 16.7 Å². The van der Waals surface area contributed by atoms with Crippen molar-refractivity contribution in [1.29, 1.82) is 0 Å². The highest BCUT2D eigenvalue weighted by molar-refractivity contribution is 5.70. The van der Waals surface area contributed by atoms with Crippen LogP contribution < -0.4 is 11.1 Å². The predicted octanol–water partition coefficient (Wildman–Crippen LogP) is 3.33. The number of nitrogen functional groups attached to an aromatic ring is 1. The smallest absolute Gasteiger partial charge is 0.153 e. The summed E-state index contributed by atoms with van der Waals surface area (Å²) in [7, 11) is 0. The first-order valence-corrected chi connectivity index (χ1v) is 5.62. The Hall–Kier alpha value is -2.03. The summed E-state index contributed by atoms with van der Waals surface area (Å²) in [5, 5.41) is 3.26. The molecule has 0 radical (unpaired) electrons. The molecule has 0 aliphatic carbocycles. The van der Waals surface area contributed by atoms with Crippen molar-refractivity contribution >= 4 is 17.2 Å². The second-order valence-electron chi connectivity index (χ2n) is 4.39. The summed E-state index contributed by atoms with van der Waals surface area (Å²) in [6, 6.07) is 8.16. The van der Waals surface area contributed by atoms with E-state index in [1.165, 1.54) is 11.1 Å². The zero-order chi connectivity index (χ0) is 12.4. The maximum absolute atomic E-state index is 5.92. The van der Waals surface area contributed by atoms with E-state index < -0.39 is 0 Å². The first-order valence-electron chi connectivity index (χ1n) is 5.62. The Labute approximate surface area is 102 Å². The van der Waals surface area contributed by atoms with Crippen LogP contribution in [-0.4, -0.2) is 4.98 Å². The van der Waals surface area contributed by atoms with Gasteiger partial charge in [0, 0.05) is 11.9 Å². The molecule has 0 saturated heterocycles. The van der Waals surface area contributed by atoms with Crippen LogP contribution in [-0.2, 0) is 0 Å². The van der Waals surface area contributed by atoms with Gasteiger partial charge in [0.15, 0.2) is 5.82 Å². The molecule has 0 fully saturated rings. The first kappa shape index (κ1) is 11.5. The van der Waals surface area contributed by atoms with Crippen LogP contribution in [0.4, 0.5) is 17.2 Å². The van der Waals surface area contributed by atoms with Crippen molar-refractivity contribution < 1.29 is 0 Å². The number of anilines is 3. The molecule has 1 aromatic carbocycles. The molecule has 2 aromatic rings. The number of nitrogens with two attached hydrogens (primary N) is 1. The zero-order valence-electron chi connectivity index (χ0n) is 10.4. The molecule has 0 aliphatic heterocycles. The zero-order valence-corrected chi connectivity index (χ0v) is 10.4. The van der Waals surface area contributed by atoms with Crippen molar-refractivity contribution in [3.63, 3.8) is 0 Å². The lowest BCUT2D eigenvalue weighted by molar-refractivity contribution is 1.25. The Bertz CT molecular complexity index is 498.